The van der Waals surface area contributed by atoms with E-state index in [4.69, 9.17) is 12.2 Å². The SMILES string of the molecule is C#CC(CCC)NC(=O)C(C)CCCC(C)N. The van der Waals surface area contributed by atoms with Gasteiger partial charge in [0, 0.05) is 12.0 Å². The Kier molecular flexibility index (Phi) is 8.53. The third kappa shape index (κ3) is 7.82. The minimum Gasteiger partial charge on any atom is -0.342 e. The first-order chi connectivity index (χ1) is 8.01. The predicted molar refractivity (Wildman–Crippen MR) is 72.3 cm³/mol. The minimum absolute atomic E-state index is 0.0152. The van der Waals surface area contributed by atoms with Crippen LogP contribution in [0.2, 0.25) is 0 Å². The quantitative estimate of drug-likeness (QED) is 0.636. The molecule has 3 unspecified atom stereocenters. The molecule has 0 heterocycles. The van der Waals surface area contributed by atoms with Gasteiger partial charge < -0.3 is 11.1 Å². The smallest absolute Gasteiger partial charge is 0.223 e. The average Bonchev–Trinajstić information content (AvgIpc) is 2.27. The predicted octanol–water partition coefficient (Wildman–Crippen LogP) is 2.06. The molecule has 1 amide bonds. The molecule has 0 rings (SSSR count). The monoisotopic (exact) mass is 238 g/mol. The van der Waals surface area contributed by atoms with Crippen molar-refractivity contribution < 1.29 is 4.79 Å². The topological polar surface area (TPSA) is 55.1 Å². The lowest BCUT2D eigenvalue weighted by molar-refractivity contribution is -0.125. The van der Waals surface area contributed by atoms with E-state index >= 15 is 0 Å². The zero-order valence-corrected chi connectivity index (χ0v) is 11.3. The Morgan fingerprint density at radius 3 is 2.47 bits per heavy atom. The van der Waals surface area contributed by atoms with Crippen LogP contribution in [0.4, 0.5) is 0 Å². The Labute approximate surface area is 106 Å². The van der Waals surface area contributed by atoms with Crippen molar-refractivity contribution >= 4 is 5.91 Å². The highest BCUT2D eigenvalue weighted by atomic mass is 16.1. The van der Waals surface area contributed by atoms with E-state index in [1.54, 1.807) is 0 Å². The fraction of sp³-hybridized carbons (Fsp3) is 0.786. The first kappa shape index (κ1) is 16.0. The van der Waals surface area contributed by atoms with E-state index in [-0.39, 0.29) is 23.9 Å². The molecule has 3 N–H and O–H groups in total. The molecule has 3 atom stereocenters. The number of nitrogens with one attached hydrogen (secondary N) is 1. The third-order valence-corrected chi connectivity index (χ3v) is 2.84. The molecule has 0 bridgehead atoms. The van der Waals surface area contributed by atoms with Crippen LogP contribution in [0.3, 0.4) is 0 Å². The molecule has 0 radical (unpaired) electrons. The van der Waals surface area contributed by atoms with Gasteiger partial charge in [-0.1, -0.05) is 32.6 Å². The van der Waals surface area contributed by atoms with Crippen LogP contribution in [0.25, 0.3) is 0 Å². The number of amides is 1. The molecule has 0 aliphatic carbocycles. The van der Waals surface area contributed by atoms with Crippen LogP contribution in [-0.2, 0) is 4.79 Å². The summed E-state index contributed by atoms with van der Waals surface area (Å²) < 4.78 is 0. The molecular weight excluding hydrogens is 212 g/mol. The highest BCUT2D eigenvalue weighted by Gasteiger charge is 2.15. The Morgan fingerprint density at radius 1 is 1.35 bits per heavy atom. The van der Waals surface area contributed by atoms with Gasteiger partial charge in [-0.3, -0.25) is 4.79 Å². The minimum atomic E-state index is -0.122. The van der Waals surface area contributed by atoms with Gasteiger partial charge in [-0.05, 0) is 26.2 Å². The number of rotatable bonds is 8. The molecule has 17 heavy (non-hydrogen) atoms. The number of carbonyl (C=O) groups excluding carboxylic acids is 1. The van der Waals surface area contributed by atoms with Gasteiger partial charge in [0.15, 0.2) is 0 Å². The van der Waals surface area contributed by atoms with E-state index in [0.29, 0.717) is 0 Å². The molecule has 3 heteroatoms. The van der Waals surface area contributed by atoms with Crippen LogP contribution in [-0.4, -0.2) is 18.0 Å². The van der Waals surface area contributed by atoms with Crippen molar-refractivity contribution in [1.29, 1.82) is 0 Å². The number of terminal acetylenes is 1. The van der Waals surface area contributed by atoms with Gasteiger partial charge in [0.1, 0.15) is 0 Å². The summed E-state index contributed by atoms with van der Waals surface area (Å²) in [5.74, 6) is 2.69. The van der Waals surface area contributed by atoms with Gasteiger partial charge in [0.05, 0.1) is 6.04 Å². The third-order valence-electron chi connectivity index (χ3n) is 2.84. The van der Waals surface area contributed by atoms with E-state index in [9.17, 15) is 4.79 Å². The highest BCUT2D eigenvalue weighted by Crippen LogP contribution is 2.09. The van der Waals surface area contributed by atoms with E-state index in [2.05, 4.69) is 18.2 Å². The second kappa shape index (κ2) is 9.07. The fourth-order valence-electron chi connectivity index (χ4n) is 1.68. The fourth-order valence-corrected chi connectivity index (χ4v) is 1.68. The number of carbonyl (C=O) groups is 1. The molecule has 0 aromatic carbocycles. The number of hydrogen-bond donors (Lipinski definition) is 2. The van der Waals surface area contributed by atoms with Crippen molar-refractivity contribution in [2.75, 3.05) is 0 Å². The van der Waals surface area contributed by atoms with Gasteiger partial charge in [-0.2, -0.15) is 0 Å². The zero-order chi connectivity index (χ0) is 13.3. The number of nitrogens with two attached hydrogens (primary N) is 1. The Bertz CT molecular complexity index is 255. The largest absolute Gasteiger partial charge is 0.342 e. The molecule has 3 nitrogen and oxygen atoms in total. The van der Waals surface area contributed by atoms with Gasteiger partial charge in [0.25, 0.3) is 0 Å². The first-order valence-corrected chi connectivity index (χ1v) is 6.53. The lowest BCUT2D eigenvalue weighted by Crippen LogP contribution is -2.37. The summed E-state index contributed by atoms with van der Waals surface area (Å²) in [6.45, 7) is 5.99. The van der Waals surface area contributed by atoms with Crippen molar-refractivity contribution in [3.8, 4) is 12.3 Å². The summed E-state index contributed by atoms with van der Waals surface area (Å²) in [4.78, 5) is 11.8. The van der Waals surface area contributed by atoms with Crippen molar-refractivity contribution in [3.05, 3.63) is 0 Å². The van der Waals surface area contributed by atoms with Gasteiger partial charge in [0.2, 0.25) is 5.91 Å². The normalized spacial score (nSPS) is 15.7. The van der Waals surface area contributed by atoms with E-state index < -0.39 is 0 Å². The average molecular weight is 238 g/mol. The standard InChI is InChI=1S/C14H26N2O/c1-5-8-13(6-2)16-14(17)11(3)9-7-10-12(4)15/h2,11-13H,5,7-10,15H2,1,3-4H3,(H,16,17). The van der Waals surface area contributed by atoms with Crippen molar-refractivity contribution in [2.24, 2.45) is 11.7 Å². The van der Waals surface area contributed by atoms with E-state index in [0.717, 1.165) is 32.1 Å². The Hall–Kier alpha value is -1.01. The highest BCUT2D eigenvalue weighted by molar-refractivity contribution is 5.78. The molecule has 0 aromatic heterocycles. The van der Waals surface area contributed by atoms with Crippen LogP contribution in [0.1, 0.15) is 52.9 Å². The summed E-state index contributed by atoms with van der Waals surface area (Å²) in [6, 6.07) is 0.0900. The van der Waals surface area contributed by atoms with Gasteiger partial charge in [-0.25, -0.2) is 0 Å². The van der Waals surface area contributed by atoms with Crippen LogP contribution in [0.5, 0.6) is 0 Å². The first-order valence-electron chi connectivity index (χ1n) is 6.53. The molecule has 0 aliphatic heterocycles. The summed E-state index contributed by atoms with van der Waals surface area (Å²) >= 11 is 0. The van der Waals surface area contributed by atoms with Crippen molar-refractivity contribution in [1.82, 2.24) is 5.32 Å². The second-order valence-electron chi connectivity index (χ2n) is 4.83. The molecule has 0 spiro atoms. The maximum atomic E-state index is 11.8. The summed E-state index contributed by atoms with van der Waals surface area (Å²) in [7, 11) is 0. The second-order valence-corrected chi connectivity index (χ2v) is 4.83. The Morgan fingerprint density at radius 2 is 2.00 bits per heavy atom. The molecular formula is C14H26N2O. The van der Waals surface area contributed by atoms with E-state index in [1.165, 1.54) is 0 Å². The molecule has 0 aliphatic rings. The number of hydrogen-bond acceptors (Lipinski definition) is 2. The van der Waals surface area contributed by atoms with Gasteiger partial charge >= 0.3 is 0 Å². The van der Waals surface area contributed by atoms with Crippen LogP contribution < -0.4 is 11.1 Å². The summed E-state index contributed by atoms with van der Waals surface area (Å²) in [6.07, 6.45) is 10.0. The van der Waals surface area contributed by atoms with Crippen molar-refractivity contribution in [3.63, 3.8) is 0 Å². The summed E-state index contributed by atoms with van der Waals surface area (Å²) in [5.41, 5.74) is 5.67. The van der Waals surface area contributed by atoms with Crippen molar-refractivity contribution in [2.45, 2.75) is 65.0 Å². The molecule has 0 saturated heterocycles. The molecule has 0 saturated carbocycles. The molecule has 0 aromatic rings. The van der Waals surface area contributed by atoms with Crippen LogP contribution in [0.15, 0.2) is 0 Å². The Balaban J connectivity index is 3.92. The zero-order valence-electron chi connectivity index (χ0n) is 11.3. The molecule has 0 fully saturated rings. The van der Waals surface area contributed by atoms with Crippen LogP contribution >= 0.6 is 0 Å². The molecule has 98 valence electrons. The lowest BCUT2D eigenvalue weighted by Gasteiger charge is -2.16. The summed E-state index contributed by atoms with van der Waals surface area (Å²) in [5, 5.41) is 2.90. The lowest BCUT2D eigenvalue weighted by atomic mass is 10.0. The maximum absolute atomic E-state index is 11.8. The van der Waals surface area contributed by atoms with Crippen LogP contribution in [0, 0.1) is 18.3 Å². The van der Waals surface area contributed by atoms with E-state index in [1.807, 2.05) is 13.8 Å². The maximum Gasteiger partial charge on any atom is 0.223 e. The van der Waals surface area contributed by atoms with Gasteiger partial charge in [-0.15, -0.1) is 6.42 Å².